The molecule has 0 radical (unpaired) electrons. The predicted octanol–water partition coefficient (Wildman–Crippen LogP) is 1.93. The summed E-state index contributed by atoms with van der Waals surface area (Å²) in [6, 6.07) is 9.16. The van der Waals surface area contributed by atoms with Gasteiger partial charge in [-0.1, -0.05) is 30.3 Å². The molecule has 1 aromatic carbocycles. The fraction of sp³-hybridized carbons (Fsp3) is 0.429. The molecule has 1 fully saturated rings. The Balaban J connectivity index is 1.89. The van der Waals surface area contributed by atoms with E-state index in [1.807, 2.05) is 30.3 Å². The van der Waals surface area contributed by atoms with Gasteiger partial charge in [-0.2, -0.15) is 0 Å². The molecule has 20 heavy (non-hydrogen) atoms. The molecule has 5 nitrogen and oxygen atoms in total. The van der Waals surface area contributed by atoms with Crippen LogP contribution in [0.3, 0.4) is 0 Å². The van der Waals surface area contributed by atoms with Crippen LogP contribution in [0.25, 0.3) is 0 Å². The monoisotopic (exact) mass is 281 g/mol. The predicted molar refractivity (Wildman–Crippen MR) is 68.8 cm³/mol. The summed E-state index contributed by atoms with van der Waals surface area (Å²) in [5.41, 5.74) is 0.844. The molecule has 1 amide bonds. The number of aliphatic carboxylic acids is 1. The van der Waals surface area contributed by atoms with Crippen molar-refractivity contribution in [1.29, 1.82) is 0 Å². The van der Waals surface area contributed by atoms with Crippen molar-refractivity contribution in [3.63, 3.8) is 0 Å². The van der Waals surface area contributed by atoms with Crippen LogP contribution in [-0.4, -0.2) is 41.8 Å². The van der Waals surface area contributed by atoms with E-state index < -0.39 is 30.6 Å². The number of carboxylic acid groups (broad SMARTS) is 1. The maximum absolute atomic E-state index is 12.8. The van der Waals surface area contributed by atoms with E-state index in [1.165, 1.54) is 4.90 Å². The average Bonchev–Trinajstić information content (AvgIpc) is 2.90. The highest BCUT2D eigenvalue weighted by molar-refractivity contribution is 5.74. The molecule has 6 heteroatoms. The second kappa shape index (κ2) is 6.36. The first-order valence-corrected chi connectivity index (χ1v) is 6.36. The normalized spacial score (nSPS) is 21.8. The lowest BCUT2D eigenvalue weighted by atomic mass is 9.98. The van der Waals surface area contributed by atoms with Gasteiger partial charge in [0.1, 0.15) is 6.61 Å². The lowest BCUT2D eigenvalue weighted by molar-refractivity contribution is -0.142. The van der Waals surface area contributed by atoms with Gasteiger partial charge in [0.2, 0.25) is 0 Å². The van der Waals surface area contributed by atoms with Crippen LogP contribution in [-0.2, 0) is 16.1 Å². The molecule has 1 aliphatic rings. The molecular weight excluding hydrogens is 265 g/mol. The van der Waals surface area contributed by atoms with Gasteiger partial charge >= 0.3 is 12.1 Å². The summed E-state index contributed by atoms with van der Waals surface area (Å²) in [5, 5.41) is 8.98. The van der Waals surface area contributed by atoms with Crippen molar-refractivity contribution in [3.8, 4) is 0 Å². The standard InChI is InChI=1S/C14H16FNO4/c15-6-11-7-16(8-12(11)13(17)18)14(19)20-9-10-4-2-1-3-5-10/h1-5,11-12H,6-9H2,(H,17,18)/t11-,12-/m1/s1. The van der Waals surface area contributed by atoms with Gasteiger partial charge in [-0.15, -0.1) is 0 Å². The minimum Gasteiger partial charge on any atom is -0.481 e. The molecule has 1 saturated heterocycles. The second-order valence-electron chi connectivity index (χ2n) is 4.80. The molecule has 0 saturated carbocycles. The van der Waals surface area contributed by atoms with Gasteiger partial charge in [-0.3, -0.25) is 9.18 Å². The highest BCUT2D eigenvalue weighted by Gasteiger charge is 2.40. The fourth-order valence-electron chi connectivity index (χ4n) is 2.27. The third-order valence-corrected chi connectivity index (χ3v) is 3.42. The number of carbonyl (C=O) groups excluding carboxylic acids is 1. The zero-order chi connectivity index (χ0) is 14.5. The molecule has 1 heterocycles. The SMILES string of the molecule is O=C(O)[C@@H]1CN(C(=O)OCc2ccccc2)C[C@H]1CF. The van der Waals surface area contributed by atoms with Gasteiger partial charge in [-0.25, -0.2) is 4.79 Å². The molecule has 1 aliphatic heterocycles. The number of halogens is 1. The zero-order valence-electron chi connectivity index (χ0n) is 10.9. The first kappa shape index (κ1) is 14.3. The number of rotatable bonds is 4. The van der Waals surface area contributed by atoms with Crippen molar-refractivity contribution in [2.75, 3.05) is 19.8 Å². The summed E-state index contributed by atoms with van der Waals surface area (Å²) >= 11 is 0. The van der Waals surface area contributed by atoms with E-state index in [-0.39, 0.29) is 19.7 Å². The summed E-state index contributed by atoms with van der Waals surface area (Å²) in [7, 11) is 0. The summed E-state index contributed by atoms with van der Waals surface area (Å²) < 4.78 is 17.9. The number of likely N-dealkylation sites (tertiary alicyclic amines) is 1. The Morgan fingerprint density at radius 2 is 2.00 bits per heavy atom. The molecule has 0 spiro atoms. The Bertz CT molecular complexity index is 479. The number of nitrogens with zero attached hydrogens (tertiary/aromatic N) is 1. The Morgan fingerprint density at radius 3 is 2.55 bits per heavy atom. The molecule has 0 bridgehead atoms. The summed E-state index contributed by atoms with van der Waals surface area (Å²) in [5.74, 6) is -2.59. The third-order valence-electron chi connectivity index (χ3n) is 3.42. The Labute approximate surface area is 116 Å². The number of carboxylic acids is 1. The Morgan fingerprint density at radius 1 is 1.30 bits per heavy atom. The number of amides is 1. The van der Waals surface area contributed by atoms with E-state index in [0.29, 0.717) is 0 Å². The molecule has 0 unspecified atom stereocenters. The quantitative estimate of drug-likeness (QED) is 0.915. The van der Waals surface area contributed by atoms with Crippen molar-refractivity contribution >= 4 is 12.1 Å². The van der Waals surface area contributed by atoms with Crippen LogP contribution in [0.15, 0.2) is 30.3 Å². The number of ether oxygens (including phenoxy) is 1. The minimum absolute atomic E-state index is 0.00244. The minimum atomic E-state index is -1.08. The van der Waals surface area contributed by atoms with Crippen LogP contribution < -0.4 is 0 Å². The fourth-order valence-corrected chi connectivity index (χ4v) is 2.27. The van der Waals surface area contributed by atoms with E-state index in [2.05, 4.69) is 0 Å². The van der Waals surface area contributed by atoms with Gasteiger partial charge in [0, 0.05) is 19.0 Å². The summed E-state index contributed by atoms with van der Waals surface area (Å²) in [4.78, 5) is 24.1. The van der Waals surface area contributed by atoms with Gasteiger partial charge in [0.25, 0.3) is 0 Å². The van der Waals surface area contributed by atoms with Crippen LogP contribution >= 0.6 is 0 Å². The Kier molecular flexibility index (Phi) is 4.55. The molecular formula is C14H16FNO4. The first-order valence-electron chi connectivity index (χ1n) is 6.36. The largest absolute Gasteiger partial charge is 0.481 e. The van der Waals surface area contributed by atoms with Crippen molar-refractivity contribution in [2.45, 2.75) is 6.61 Å². The highest BCUT2D eigenvalue weighted by atomic mass is 19.1. The molecule has 2 atom stereocenters. The Hall–Kier alpha value is -2.11. The van der Waals surface area contributed by atoms with Crippen LogP contribution in [0.4, 0.5) is 9.18 Å². The van der Waals surface area contributed by atoms with E-state index in [0.717, 1.165) is 5.56 Å². The lowest BCUT2D eigenvalue weighted by Gasteiger charge is -2.15. The van der Waals surface area contributed by atoms with E-state index in [9.17, 15) is 14.0 Å². The molecule has 2 rings (SSSR count). The highest BCUT2D eigenvalue weighted by Crippen LogP contribution is 2.25. The maximum Gasteiger partial charge on any atom is 0.410 e. The maximum atomic E-state index is 12.8. The van der Waals surface area contributed by atoms with Gasteiger partial charge in [-0.05, 0) is 5.56 Å². The van der Waals surface area contributed by atoms with Crippen molar-refractivity contribution in [1.82, 2.24) is 4.90 Å². The van der Waals surface area contributed by atoms with Gasteiger partial charge < -0.3 is 14.7 Å². The first-order chi connectivity index (χ1) is 9.61. The summed E-state index contributed by atoms with van der Waals surface area (Å²) in [6.07, 6.45) is -0.601. The summed E-state index contributed by atoms with van der Waals surface area (Å²) in [6.45, 7) is -0.549. The van der Waals surface area contributed by atoms with Crippen LogP contribution in [0.1, 0.15) is 5.56 Å². The smallest absolute Gasteiger partial charge is 0.410 e. The van der Waals surface area contributed by atoms with Gasteiger partial charge in [0.05, 0.1) is 12.6 Å². The van der Waals surface area contributed by atoms with Crippen LogP contribution in [0.2, 0.25) is 0 Å². The number of hydrogen-bond acceptors (Lipinski definition) is 3. The zero-order valence-corrected chi connectivity index (χ0v) is 10.9. The van der Waals surface area contributed by atoms with E-state index in [4.69, 9.17) is 9.84 Å². The molecule has 0 aliphatic carbocycles. The molecule has 1 N–H and O–H groups in total. The van der Waals surface area contributed by atoms with Crippen molar-refractivity contribution < 1.29 is 23.8 Å². The number of benzene rings is 1. The van der Waals surface area contributed by atoms with E-state index in [1.54, 1.807) is 0 Å². The van der Waals surface area contributed by atoms with Crippen molar-refractivity contribution in [3.05, 3.63) is 35.9 Å². The number of carbonyl (C=O) groups is 2. The van der Waals surface area contributed by atoms with Crippen LogP contribution in [0.5, 0.6) is 0 Å². The molecule has 1 aromatic rings. The molecule has 0 aromatic heterocycles. The van der Waals surface area contributed by atoms with Gasteiger partial charge in [0.15, 0.2) is 0 Å². The van der Waals surface area contributed by atoms with Crippen LogP contribution in [0, 0.1) is 11.8 Å². The number of hydrogen-bond donors (Lipinski definition) is 1. The second-order valence-corrected chi connectivity index (χ2v) is 4.80. The van der Waals surface area contributed by atoms with Crippen molar-refractivity contribution in [2.24, 2.45) is 11.8 Å². The topological polar surface area (TPSA) is 66.8 Å². The lowest BCUT2D eigenvalue weighted by Crippen LogP contribution is -2.30. The van der Waals surface area contributed by atoms with E-state index >= 15 is 0 Å². The third kappa shape index (κ3) is 3.26. The number of alkyl halides is 1. The average molecular weight is 281 g/mol. The molecule has 108 valence electrons.